The van der Waals surface area contributed by atoms with Gasteiger partial charge in [0.25, 0.3) is 7.82 Å². The lowest BCUT2D eigenvalue weighted by atomic mass is 10.0. The maximum absolute atomic E-state index is 13.5. The van der Waals surface area contributed by atoms with Crippen LogP contribution in [0.1, 0.15) is 278 Å². The maximum atomic E-state index is 13.5. The molecule has 1 N–H and O–H groups in total. The van der Waals surface area contributed by atoms with Crippen molar-refractivity contribution in [3.8, 4) is 0 Å². The van der Waals surface area contributed by atoms with Crippen molar-refractivity contribution >= 4 is 19.7 Å². The monoisotopic (exact) mass is 967 g/mol. The number of rotatable bonds is 52. The summed E-state index contributed by atoms with van der Waals surface area (Å²) in [7, 11) is 1.19. The Morgan fingerprint density at radius 3 is 1.28 bits per heavy atom. The molecule has 9 nitrogen and oxygen atoms in total. The molecule has 0 rings (SSSR count). The summed E-state index contributed by atoms with van der Waals surface area (Å²) in [6.07, 6.45) is 54.2. The summed E-state index contributed by atoms with van der Waals surface area (Å²) in [4.78, 5) is 39.8. The van der Waals surface area contributed by atoms with Gasteiger partial charge in [0.15, 0.2) is 0 Å². The van der Waals surface area contributed by atoms with Crippen LogP contribution in [-0.2, 0) is 27.9 Å². The minimum Gasteiger partial charge on any atom is -0.756 e. The average Bonchev–Trinajstić information content (AvgIpc) is 3.28. The molecule has 0 bridgehead atoms. The topological polar surface area (TPSA) is 114 Å². The highest BCUT2D eigenvalue weighted by Gasteiger charge is 2.27. The summed E-state index contributed by atoms with van der Waals surface area (Å²) in [6, 6.07) is -0.887. The van der Waals surface area contributed by atoms with Crippen molar-refractivity contribution in [1.29, 1.82) is 0 Å². The van der Waals surface area contributed by atoms with Gasteiger partial charge < -0.3 is 28.5 Å². The Hall–Kier alpha value is -1.51. The molecule has 0 aliphatic heterocycles. The van der Waals surface area contributed by atoms with E-state index in [9.17, 15) is 19.0 Å². The number of phosphoric acid groups is 1. The Morgan fingerprint density at radius 1 is 0.507 bits per heavy atom. The van der Waals surface area contributed by atoms with Gasteiger partial charge in [0, 0.05) is 12.8 Å². The molecular weight excluding hydrogens is 856 g/mol. The summed E-state index contributed by atoms with van der Waals surface area (Å²) in [5.74, 6) is -0.548. The van der Waals surface area contributed by atoms with Gasteiger partial charge in [-0.1, -0.05) is 232 Å². The summed E-state index contributed by atoms with van der Waals surface area (Å²) in [5, 5.41) is 3.02. The summed E-state index contributed by atoms with van der Waals surface area (Å²) in [5.41, 5.74) is 0. The third-order valence-electron chi connectivity index (χ3n) is 12.9. The number of hydrogen-bond donors (Lipinski definition) is 1. The van der Waals surface area contributed by atoms with Crippen LogP contribution < -0.4 is 10.2 Å². The molecule has 67 heavy (non-hydrogen) atoms. The number of quaternary nitrogens is 1. The number of carbonyl (C=O) groups is 2. The van der Waals surface area contributed by atoms with E-state index < -0.39 is 20.0 Å². The molecule has 0 aromatic rings. The average molecular weight is 967 g/mol. The number of nitrogens with one attached hydrogen (secondary N) is 1. The zero-order chi connectivity index (χ0) is 49.4. The zero-order valence-electron chi connectivity index (χ0n) is 45.1. The molecule has 0 spiro atoms. The van der Waals surface area contributed by atoms with Crippen LogP contribution in [0.25, 0.3) is 0 Å². The number of allylic oxidation sites excluding steroid dienone is 3. The zero-order valence-corrected chi connectivity index (χ0v) is 46.0. The lowest BCUT2D eigenvalue weighted by Crippen LogP contribution is -2.47. The second kappa shape index (κ2) is 48.1. The molecule has 0 aromatic heterocycles. The first kappa shape index (κ1) is 65.5. The lowest BCUT2D eigenvalue weighted by molar-refractivity contribution is -0.870. The molecule has 1 amide bonds. The predicted octanol–water partition coefficient (Wildman–Crippen LogP) is 16.4. The number of ether oxygens (including phenoxy) is 1. The minimum absolute atomic E-state index is 0.0211. The van der Waals surface area contributed by atoms with Crippen molar-refractivity contribution in [3.63, 3.8) is 0 Å². The Bertz CT molecular complexity index is 1210. The normalized spacial score (nSPS) is 14.0. The third kappa shape index (κ3) is 49.3. The minimum atomic E-state index is -4.69. The number of phosphoric ester groups is 1. The van der Waals surface area contributed by atoms with E-state index in [1.54, 1.807) is 0 Å². The Labute approximate surface area is 415 Å². The molecule has 0 saturated carbocycles. The summed E-state index contributed by atoms with van der Waals surface area (Å²) >= 11 is 0. The van der Waals surface area contributed by atoms with Crippen LogP contribution in [-0.4, -0.2) is 69.4 Å². The van der Waals surface area contributed by atoms with E-state index in [1.807, 2.05) is 33.3 Å². The number of hydrogen-bond acceptors (Lipinski definition) is 7. The molecule has 3 atom stereocenters. The van der Waals surface area contributed by atoms with Gasteiger partial charge in [-0.25, -0.2) is 0 Å². The standard InChI is InChI=1S/C57H111N2O7P/c1-7-10-13-16-19-22-25-28-31-34-37-40-43-46-49-56(60)58-54(53-65-67(62,63)64-52-51-59(4,5)6)55(48-45-42-39-36-33-30-27-24-21-18-15-12-9-3)66-57(61)50-47-44-41-38-35-32-29-26-23-20-17-14-11-8-2/h32,35,45,48,54-55H,7-31,33-34,36-44,46-47,49-53H2,1-6H3,(H-,58,60,62,63)/b35-32-,48-45+. The van der Waals surface area contributed by atoms with Gasteiger partial charge in [-0.2, -0.15) is 0 Å². The highest BCUT2D eigenvalue weighted by Crippen LogP contribution is 2.38. The second-order valence-electron chi connectivity index (χ2n) is 20.8. The second-order valence-corrected chi connectivity index (χ2v) is 22.2. The molecule has 0 radical (unpaired) electrons. The fourth-order valence-electron chi connectivity index (χ4n) is 8.40. The van der Waals surface area contributed by atoms with Gasteiger partial charge in [0.05, 0.1) is 33.8 Å². The van der Waals surface area contributed by atoms with Gasteiger partial charge in [0.1, 0.15) is 19.3 Å². The third-order valence-corrected chi connectivity index (χ3v) is 13.8. The molecule has 0 aliphatic carbocycles. The predicted molar refractivity (Wildman–Crippen MR) is 284 cm³/mol. The van der Waals surface area contributed by atoms with E-state index in [4.69, 9.17) is 13.8 Å². The van der Waals surface area contributed by atoms with Crippen LogP contribution in [0.5, 0.6) is 0 Å². The first-order valence-corrected chi connectivity index (χ1v) is 30.1. The summed E-state index contributed by atoms with van der Waals surface area (Å²) in [6.45, 7) is 6.85. The SMILES string of the molecule is CCCCCCCCC/C=C\CCCCCC(=O)OC(/C=C/CCCCCCCCCCCCC)C(COP(=O)([O-])OCC[N+](C)(C)C)NC(=O)CCCCCCCCCCCCCCCC. The number of amides is 1. The van der Waals surface area contributed by atoms with Crippen LogP contribution in [0.3, 0.4) is 0 Å². The first-order valence-electron chi connectivity index (χ1n) is 28.6. The Balaban J connectivity index is 5.38. The highest BCUT2D eigenvalue weighted by molar-refractivity contribution is 7.45. The molecule has 0 aliphatic rings. The number of carbonyl (C=O) groups excluding carboxylic acids is 2. The largest absolute Gasteiger partial charge is 0.756 e. The Morgan fingerprint density at radius 2 is 0.866 bits per heavy atom. The molecular formula is C57H111N2O7P. The number of unbranched alkanes of at least 4 members (excludes halogenated alkanes) is 34. The van der Waals surface area contributed by atoms with Gasteiger partial charge in [-0.15, -0.1) is 0 Å². The number of likely N-dealkylation sites (N-methyl/N-ethyl adjacent to an activating group) is 1. The van der Waals surface area contributed by atoms with E-state index in [0.717, 1.165) is 64.2 Å². The number of nitrogens with zero attached hydrogens (tertiary/aromatic N) is 1. The van der Waals surface area contributed by atoms with Crippen molar-refractivity contribution in [2.45, 2.75) is 290 Å². The summed E-state index contributed by atoms with van der Waals surface area (Å²) < 4.78 is 30.2. The number of esters is 1. The van der Waals surface area contributed by atoms with E-state index in [2.05, 4.69) is 38.2 Å². The van der Waals surface area contributed by atoms with Gasteiger partial charge in [-0.05, 0) is 57.4 Å². The molecule has 0 fully saturated rings. The fraction of sp³-hybridized carbons (Fsp3) is 0.895. The van der Waals surface area contributed by atoms with E-state index in [0.29, 0.717) is 23.9 Å². The van der Waals surface area contributed by atoms with Crippen LogP contribution in [0, 0.1) is 0 Å². The van der Waals surface area contributed by atoms with Crippen LogP contribution >= 0.6 is 7.82 Å². The molecule has 0 aromatic carbocycles. The van der Waals surface area contributed by atoms with Crippen molar-refractivity contribution in [2.24, 2.45) is 0 Å². The van der Waals surface area contributed by atoms with Gasteiger partial charge in [-0.3, -0.25) is 14.2 Å². The van der Waals surface area contributed by atoms with Gasteiger partial charge in [0.2, 0.25) is 5.91 Å². The molecule has 3 unspecified atom stereocenters. The van der Waals surface area contributed by atoms with Crippen molar-refractivity contribution in [2.75, 3.05) is 40.9 Å². The molecule has 396 valence electrons. The van der Waals surface area contributed by atoms with Crippen LogP contribution in [0.4, 0.5) is 0 Å². The van der Waals surface area contributed by atoms with E-state index in [1.165, 1.54) is 173 Å². The molecule has 10 heteroatoms. The van der Waals surface area contributed by atoms with E-state index >= 15 is 0 Å². The van der Waals surface area contributed by atoms with Crippen LogP contribution in [0.2, 0.25) is 0 Å². The van der Waals surface area contributed by atoms with Crippen molar-refractivity contribution in [3.05, 3.63) is 24.3 Å². The first-order chi connectivity index (χ1) is 32.4. The molecule has 0 heterocycles. The highest BCUT2D eigenvalue weighted by atomic mass is 31.2. The maximum Gasteiger partial charge on any atom is 0.306 e. The fourth-order valence-corrected chi connectivity index (χ4v) is 9.12. The van der Waals surface area contributed by atoms with Gasteiger partial charge >= 0.3 is 5.97 Å². The van der Waals surface area contributed by atoms with E-state index in [-0.39, 0.29) is 31.5 Å². The van der Waals surface area contributed by atoms with Crippen molar-refractivity contribution in [1.82, 2.24) is 5.32 Å². The smallest absolute Gasteiger partial charge is 0.306 e. The van der Waals surface area contributed by atoms with Crippen molar-refractivity contribution < 1.29 is 37.3 Å². The molecule has 0 saturated heterocycles. The lowest BCUT2D eigenvalue weighted by Gasteiger charge is -2.30. The van der Waals surface area contributed by atoms with Crippen LogP contribution in [0.15, 0.2) is 24.3 Å². The quantitative estimate of drug-likeness (QED) is 0.0212. The Kier molecular flexibility index (Phi) is 47.0.